The molecule has 1 amide bonds. The standard InChI is InChI=1S/C17H16FNOS/c18-14-3-4-15-13(9-14)10-16(21-15)17(20)19-7-5-12(6-8-19)11-1-2-11/h3-4,9-10H,1-2,5-8H2. The molecule has 4 rings (SSSR count). The second kappa shape index (κ2) is 4.95. The van der Waals surface area contributed by atoms with E-state index in [2.05, 4.69) is 0 Å². The number of piperidine rings is 1. The number of hydrogen-bond donors (Lipinski definition) is 0. The van der Waals surface area contributed by atoms with Gasteiger partial charge in [0.15, 0.2) is 0 Å². The Morgan fingerprint density at radius 3 is 2.48 bits per heavy atom. The van der Waals surface area contributed by atoms with E-state index in [1.165, 1.54) is 36.3 Å². The van der Waals surface area contributed by atoms with Gasteiger partial charge in [-0.1, -0.05) is 11.1 Å². The lowest BCUT2D eigenvalue weighted by atomic mass is 10.0. The van der Waals surface area contributed by atoms with Crippen LogP contribution in [0.4, 0.5) is 4.39 Å². The molecule has 1 saturated carbocycles. The largest absolute Gasteiger partial charge is 0.337 e. The van der Waals surface area contributed by atoms with Gasteiger partial charge in [-0.05, 0) is 55.3 Å². The molecule has 0 bridgehead atoms. The average Bonchev–Trinajstić information content (AvgIpc) is 3.26. The maximum atomic E-state index is 13.2. The Labute approximate surface area is 126 Å². The van der Waals surface area contributed by atoms with Gasteiger partial charge in [-0.3, -0.25) is 4.79 Å². The summed E-state index contributed by atoms with van der Waals surface area (Å²) < 4.78 is 14.2. The molecular weight excluding hydrogens is 285 g/mol. The van der Waals surface area contributed by atoms with E-state index in [0.29, 0.717) is 0 Å². The number of hydrogen-bond acceptors (Lipinski definition) is 2. The third-order valence-corrected chi connectivity index (χ3v) is 5.45. The van der Waals surface area contributed by atoms with Crippen molar-refractivity contribution in [3.8, 4) is 0 Å². The minimum atomic E-state index is -0.252. The maximum absolute atomic E-state index is 13.2. The second-order valence-electron chi connectivity index (χ2n) is 5.79. The van der Waals surface area contributed by atoms with Gasteiger partial charge in [0.25, 0.3) is 5.91 Å². The molecule has 2 aliphatic rings. The topological polar surface area (TPSA) is 20.3 Å². The van der Waals surface area contributed by atoms with E-state index in [1.54, 1.807) is 17.2 Å². The van der Waals surface area contributed by atoms with Crippen molar-refractivity contribution in [1.82, 2.24) is 4.90 Å². The van der Waals surface area contributed by atoms with Gasteiger partial charge < -0.3 is 4.90 Å². The first-order valence-corrected chi connectivity index (χ1v) is 8.20. The molecule has 1 aromatic heterocycles. The van der Waals surface area contributed by atoms with Crippen molar-refractivity contribution in [3.63, 3.8) is 0 Å². The third-order valence-electron chi connectivity index (χ3n) is 4.34. The number of benzene rings is 1. The highest BCUT2D eigenvalue weighted by Crippen LogP contribution is 2.36. The highest BCUT2D eigenvalue weighted by atomic mass is 32.1. The van der Waals surface area contributed by atoms with Crippen LogP contribution >= 0.6 is 11.3 Å². The molecule has 1 aliphatic heterocycles. The molecule has 0 radical (unpaired) electrons. The molecule has 0 unspecified atom stereocenters. The summed E-state index contributed by atoms with van der Waals surface area (Å²) >= 11 is 1.46. The number of likely N-dealkylation sites (tertiary alicyclic amines) is 1. The van der Waals surface area contributed by atoms with Gasteiger partial charge in [-0.2, -0.15) is 0 Å². The summed E-state index contributed by atoms with van der Waals surface area (Å²) in [6.45, 7) is 1.64. The summed E-state index contributed by atoms with van der Waals surface area (Å²) in [6, 6.07) is 6.51. The van der Waals surface area contributed by atoms with Gasteiger partial charge in [0.05, 0.1) is 4.88 Å². The summed E-state index contributed by atoms with van der Waals surface area (Å²) in [5.74, 6) is -0.158. The van der Waals surface area contributed by atoms with E-state index in [-0.39, 0.29) is 11.7 Å². The second-order valence-corrected chi connectivity index (χ2v) is 6.88. The number of carbonyl (C=O) groups is 1. The fourth-order valence-electron chi connectivity index (χ4n) is 3.02. The predicted octanol–water partition coefficient (Wildman–Crippen LogP) is 4.37. The lowest BCUT2D eigenvalue weighted by Gasteiger charge is -2.28. The first-order chi connectivity index (χ1) is 10.2. The molecule has 21 heavy (non-hydrogen) atoms. The van der Waals surface area contributed by atoms with Crippen LogP contribution in [-0.4, -0.2) is 23.9 Å². The Morgan fingerprint density at radius 2 is 1.76 bits per heavy atom. The fraction of sp³-hybridized carbons (Fsp3) is 0.353. The molecule has 4 heteroatoms. The lowest BCUT2D eigenvalue weighted by Crippen LogP contribution is -2.35. The van der Waals surface area contributed by atoms with Crippen LogP contribution < -0.4 is 0 Å². The van der Waals surface area contributed by atoms with Crippen molar-refractivity contribution in [3.05, 3.63) is 46.1 Å². The van der Waals surface area contributed by atoms with Crippen LogP contribution in [0, 0.1) is 5.82 Å². The fourth-order valence-corrected chi connectivity index (χ4v) is 4.04. The molecule has 108 valence electrons. The first kappa shape index (κ1) is 13.0. The maximum Gasteiger partial charge on any atom is 0.263 e. The van der Waals surface area contributed by atoms with Crippen molar-refractivity contribution in [2.45, 2.75) is 25.7 Å². The van der Waals surface area contributed by atoms with Gasteiger partial charge in [0.2, 0.25) is 0 Å². The van der Waals surface area contributed by atoms with E-state index in [1.807, 2.05) is 11.0 Å². The van der Waals surface area contributed by atoms with Crippen LogP contribution in [-0.2, 0) is 0 Å². The Balaban J connectivity index is 1.54. The molecule has 1 aliphatic carbocycles. The normalized spacial score (nSPS) is 18.4. The predicted molar refractivity (Wildman–Crippen MR) is 83.2 cm³/mol. The molecule has 0 atom stereocenters. The summed E-state index contributed by atoms with van der Waals surface area (Å²) in [6.07, 6.45) is 4.59. The molecule has 2 fully saturated rings. The minimum absolute atomic E-state index is 0.0939. The van der Waals surface area contributed by atoms with Gasteiger partial charge in [0, 0.05) is 17.8 Å². The van der Waals surface area contributed by atoms with E-state index in [0.717, 1.165) is 40.9 Å². The zero-order valence-corrected chi connectivity index (χ0v) is 12.5. The van der Waals surface area contributed by atoms with E-state index < -0.39 is 0 Å². The summed E-state index contributed by atoms with van der Waals surface area (Å²) in [5, 5.41) is 0.821. The molecule has 1 saturated heterocycles. The van der Waals surface area contributed by atoms with Gasteiger partial charge in [-0.15, -0.1) is 11.3 Å². The van der Waals surface area contributed by atoms with Crippen LogP contribution in [0.1, 0.15) is 35.4 Å². The van der Waals surface area contributed by atoms with Crippen molar-refractivity contribution in [2.24, 2.45) is 0 Å². The van der Waals surface area contributed by atoms with Crippen molar-refractivity contribution in [1.29, 1.82) is 0 Å². The van der Waals surface area contributed by atoms with Crippen molar-refractivity contribution >= 4 is 27.3 Å². The van der Waals surface area contributed by atoms with Gasteiger partial charge >= 0.3 is 0 Å². The smallest absolute Gasteiger partial charge is 0.263 e. The van der Waals surface area contributed by atoms with E-state index in [9.17, 15) is 9.18 Å². The molecule has 0 spiro atoms. The SMILES string of the molecule is O=C(c1cc2cc(F)ccc2s1)N1CCC(=C2CC2)CC1. The highest BCUT2D eigenvalue weighted by Gasteiger charge is 2.25. The highest BCUT2D eigenvalue weighted by molar-refractivity contribution is 7.20. The summed E-state index contributed by atoms with van der Waals surface area (Å²) in [5.41, 5.74) is 3.21. The average molecular weight is 301 g/mol. The van der Waals surface area contributed by atoms with Gasteiger partial charge in [0.1, 0.15) is 5.82 Å². The van der Waals surface area contributed by atoms with Crippen molar-refractivity contribution < 1.29 is 9.18 Å². The quantitative estimate of drug-likeness (QED) is 0.716. The first-order valence-electron chi connectivity index (χ1n) is 7.39. The summed E-state index contributed by atoms with van der Waals surface area (Å²) in [4.78, 5) is 15.2. The number of nitrogens with zero attached hydrogens (tertiary/aromatic N) is 1. The molecule has 2 aromatic rings. The number of halogens is 1. The van der Waals surface area contributed by atoms with Crippen LogP contribution in [0.3, 0.4) is 0 Å². The lowest BCUT2D eigenvalue weighted by molar-refractivity contribution is 0.0748. The molecular formula is C17H16FNOS. The number of amides is 1. The zero-order valence-electron chi connectivity index (χ0n) is 11.7. The van der Waals surface area contributed by atoms with Crippen molar-refractivity contribution in [2.75, 3.05) is 13.1 Å². The van der Waals surface area contributed by atoms with Crippen LogP contribution in [0.5, 0.6) is 0 Å². The van der Waals surface area contributed by atoms with Gasteiger partial charge in [-0.25, -0.2) is 4.39 Å². The van der Waals surface area contributed by atoms with Crippen LogP contribution in [0.25, 0.3) is 10.1 Å². The number of carbonyl (C=O) groups excluding carboxylic acids is 1. The zero-order chi connectivity index (χ0) is 14.4. The Kier molecular flexibility index (Phi) is 3.07. The molecule has 1 aromatic carbocycles. The number of fused-ring (bicyclic) bond motifs is 1. The Bertz CT molecular complexity index is 745. The Morgan fingerprint density at radius 1 is 1.05 bits per heavy atom. The van der Waals surface area contributed by atoms with Crippen LogP contribution in [0.15, 0.2) is 35.4 Å². The van der Waals surface area contributed by atoms with Crippen LogP contribution in [0.2, 0.25) is 0 Å². The molecule has 0 N–H and O–H groups in total. The molecule has 2 nitrogen and oxygen atoms in total. The monoisotopic (exact) mass is 301 g/mol. The summed E-state index contributed by atoms with van der Waals surface area (Å²) in [7, 11) is 0. The van der Waals surface area contributed by atoms with E-state index in [4.69, 9.17) is 0 Å². The third kappa shape index (κ3) is 2.48. The minimum Gasteiger partial charge on any atom is -0.337 e. The number of thiophene rings is 1. The number of rotatable bonds is 1. The number of allylic oxidation sites excluding steroid dienone is 1. The van der Waals surface area contributed by atoms with E-state index >= 15 is 0 Å². The molecule has 2 heterocycles. The Hall–Kier alpha value is -1.68.